The van der Waals surface area contributed by atoms with Crippen LogP contribution in [-0.2, 0) is 16.9 Å². The molecule has 1 N–H and O–H groups in total. The third kappa shape index (κ3) is 4.33. The van der Waals surface area contributed by atoms with E-state index < -0.39 is 30.2 Å². The summed E-state index contributed by atoms with van der Waals surface area (Å²) in [5, 5.41) is 15.7. The smallest absolute Gasteiger partial charge is 0.383 e. The normalized spacial score (nSPS) is 15.3. The van der Waals surface area contributed by atoms with Gasteiger partial charge in [-0.2, -0.15) is 13.9 Å². The number of rotatable bonds is 8. The number of nitrogens with zero attached hydrogens (tertiary/aromatic N) is 3. The molecule has 0 saturated carbocycles. The lowest BCUT2D eigenvalue weighted by Crippen LogP contribution is -2.49. The first-order chi connectivity index (χ1) is 12.0. The highest BCUT2D eigenvalue weighted by Crippen LogP contribution is 2.43. The quantitative estimate of drug-likeness (QED) is 0.692. The molecule has 2 rings (SSSR count). The Bertz CT molecular complexity index is 711. The standard InChI is InChI=1S/C16H18ClF4N3O2/c1-14(2,8-26-16(20,21)13(18)19)15(25,7-24-10-22-9-23-24)11-3-5-12(17)6-4-11/h3-6,9-10,13,25H,7-8H2,1-2H3/t15-/m0/s1. The molecule has 0 aliphatic heterocycles. The van der Waals surface area contributed by atoms with Crippen molar-refractivity contribution >= 4 is 11.6 Å². The lowest BCUT2D eigenvalue weighted by atomic mass is 9.71. The highest BCUT2D eigenvalue weighted by atomic mass is 35.5. The average molecular weight is 396 g/mol. The predicted octanol–water partition coefficient (Wildman–Crippen LogP) is 3.72. The van der Waals surface area contributed by atoms with Gasteiger partial charge in [0, 0.05) is 10.4 Å². The fourth-order valence-corrected chi connectivity index (χ4v) is 2.56. The van der Waals surface area contributed by atoms with Gasteiger partial charge in [-0.05, 0) is 17.7 Å². The number of benzene rings is 1. The summed E-state index contributed by atoms with van der Waals surface area (Å²) in [7, 11) is 0. The second-order valence-corrected chi connectivity index (χ2v) is 6.93. The zero-order valence-corrected chi connectivity index (χ0v) is 14.8. The van der Waals surface area contributed by atoms with Crippen LogP contribution < -0.4 is 0 Å². The third-order valence-corrected chi connectivity index (χ3v) is 4.43. The van der Waals surface area contributed by atoms with Crippen LogP contribution in [0, 0.1) is 5.41 Å². The average Bonchev–Trinajstić information content (AvgIpc) is 3.06. The zero-order valence-electron chi connectivity index (χ0n) is 14.0. The maximum absolute atomic E-state index is 13.2. The number of aliphatic hydroxyl groups is 1. The van der Waals surface area contributed by atoms with E-state index in [9.17, 15) is 22.7 Å². The Morgan fingerprint density at radius 3 is 2.35 bits per heavy atom. The van der Waals surface area contributed by atoms with Crippen molar-refractivity contribution in [3.8, 4) is 0 Å². The molecule has 5 nitrogen and oxygen atoms in total. The molecule has 0 amide bonds. The second-order valence-electron chi connectivity index (χ2n) is 6.50. The van der Waals surface area contributed by atoms with E-state index in [2.05, 4.69) is 14.8 Å². The van der Waals surface area contributed by atoms with Gasteiger partial charge in [0.25, 0.3) is 0 Å². The highest BCUT2D eigenvalue weighted by Gasteiger charge is 2.50. The van der Waals surface area contributed by atoms with E-state index in [1.54, 1.807) is 0 Å². The van der Waals surface area contributed by atoms with Crippen LogP contribution in [0.15, 0.2) is 36.9 Å². The van der Waals surface area contributed by atoms with E-state index in [1.807, 2.05) is 0 Å². The summed E-state index contributed by atoms with van der Waals surface area (Å²) < 4.78 is 56.6. The molecule has 26 heavy (non-hydrogen) atoms. The van der Waals surface area contributed by atoms with Gasteiger partial charge in [0.1, 0.15) is 18.3 Å². The van der Waals surface area contributed by atoms with Crippen LogP contribution in [0.5, 0.6) is 0 Å². The number of alkyl halides is 4. The topological polar surface area (TPSA) is 60.2 Å². The van der Waals surface area contributed by atoms with Crippen LogP contribution in [0.3, 0.4) is 0 Å². The summed E-state index contributed by atoms with van der Waals surface area (Å²) in [5.74, 6) is 0. The maximum Gasteiger partial charge on any atom is 0.416 e. The first-order valence-corrected chi connectivity index (χ1v) is 7.96. The van der Waals surface area contributed by atoms with Crippen molar-refractivity contribution in [3.63, 3.8) is 0 Å². The van der Waals surface area contributed by atoms with E-state index in [4.69, 9.17) is 11.6 Å². The molecule has 0 radical (unpaired) electrons. The molecule has 0 bridgehead atoms. The van der Waals surface area contributed by atoms with Crippen LogP contribution in [0.25, 0.3) is 0 Å². The number of aromatic nitrogens is 3. The van der Waals surface area contributed by atoms with Gasteiger partial charge in [-0.25, -0.2) is 18.4 Å². The number of hydrogen-bond donors (Lipinski definition) is 1. The van der Waals surface area contributed by atoms with Gasteiger partial charge in [-0.15, -0.1) is 0 Å². The zero-order chi connectivity index (χ0) is 19.6. The van der Waals surface area contributed by atoms with Crippen molar-refractivity contribution in [3.05, 3.63) is 47.5 Å². The summed E-state index contributed by atoms with van der Waals surface area (Å²) in [6.07, 6.45) is -6.01. The van der Waals surface area contributed by atoms with Crippen LogP contribution in [0.1, 0.15) is 19.4 Å². The molecule has 0 fully saturated rings. The molecule has 0 saturated heterocycles. The Morgan fingerprint density at radius 1 is 1.23 bits per heavy atom. The van der Waals surface area contributed by atoms with E-state index in [-0.39, 0.29) is 6.54 Å². The van der Waals surface area contributed by atoms with Gasteiger partial charge in [0.05, 0.1) is 13.2 Å². The molecule has 1 aromatic heterocycles. The molecule has 0 unspecified atom stereocenters. The molecule has 0 aliphatic rings. The highest BCUT2D eigenvalue weighted by molar-refractivity contribution is 6.30. The van der Waals surface area contributed by atoms with Crippen LogP contribution in [0.2, 0.25) is 5.02 Å². The first kappa shape index (κ1) is 20.6. The number of hydrogen-bond acceptors (Lipinski definition) is 4. The number of halogens is 5. The monoisotopic (exact) mass is 395 g/mol. The SMILES string of the molecule is CC(C)(COC(F)(F)C(F)F)[C@](O)(Cn1cncn1)c1ccc(Cl)cc1. The van der Waals surface area contributed by atoms with E-state index in [0.717, 1.165) is 0 Å². The molecule has 10 heteroatoms. The lowest BCUT2D eigenvalue weighted by molar-refractivity contribution is -0.316. The minimum Gasteiger partial charge on any atom is -0.383 e. The van der Waals surface area contributed by atoms with Gasteiger partial charge in [-0.1, -0.05) is 37.6 Å². The van der Waals surface area contributed by atoms with Crippen molar-refractivity contribution in [2.45, 2.75) is 38.5 Å². The fourth-order valence-electron chi connectivity index (χ4n) is 2.43. The Morgan fingerprint density at radius 2 is 1.85 bits per heavy atom. The van der Waals surface area contributed by atoms with Crippen LogP contribution in [-0.4, -0.2) is 39.0 Å². The minimum atomic E-state index is -4.62. The Hall–Kier alpha value is -1.71. The molecule has 1 aromatic carbocycles. The van der Waals surface area contributed by atoms with Gasteiger partial charge >= 0.3 is 12.5 Å². The second kappa shape index (κ2) is 7.50. The summed E-state index contributed by atoms with van der Waals surface area (Å²) in [6.45, 7) is 1.86. The fraction of sp³-hybridized carbons (Fsp3) is 0.500. The van der Waals surface area contributed by atoms with Crippen molar-refractivity contribution in [1.82, 2.24) is 14.8 Å². The Kier molecular flexibility index (Phi) is 5.94. The number of ether oxygens (including phenoxy) is 1. The molecule has 0 spiro atoms. The van der Waals surface area contributed by atoms with Gasteiger partial charge in [0.15, 0.2) is 0 Å². The minimum absolute atomic E-state index is 0.161. The maximum atomic E-state index is 13.2. The molecule has 144 valence electrons. The largest absolute Gasteiger partial charge is 0.416 e. The van der Waals surface area contributed by atoms with Crippen LogP contribution in [0.4, 0.5) is 17.6 Å². The molecular weight excluding hydrogens is 378 g/mol. The van der Waals surface area contributed by atoms with E-state index in [0.29, 0.717) is 10.6 Å². The third-order valence-electron chi connectivity index (χ3n) is 4.18. The molecular formula is C16H18ClF4N3O2. The Labute approximate surface area is 152 Å². The van der Waals surface area contributed by atoms with E-state index >= 15 is 0 Å². The van der Waals surface area contributed by atoms with E-state index in [1.165, 1.54) is 55.4 Å². The molecule has 2 aromatic rings. The first-order valence-electron chi connectivity index (χ1n) is 7.59. The van der Waals surface area contributed by atoms with Crippen molar-refractivity contribution < 1.29 is 27.4 Å². The van der Waals surface area contributed by atoms with Crippen molar-refractivity contribution in [2.24, 2.45) is 5.41 Å². The summed E-state index contributed by atoms with van der Waals surface area (Å²) >= 11 is 5.86. The summed E-state index contributed by atoms with van der Waals surface area (Å²) in [4.78, 5) is 3.77. The predicted molar refractivity (Wildman–Crippen MR) is 86.1 cm³/mol. The summed E-state index contributed by atoms with van der Waals surface area (Å²) in [6, 6.07) is 6.08. The van der Waals surface area contributed by atoms with Gasteiger partial charge in [0.2, 0.25) is 0 Å². The van der Waals surface area contributed by atoms with Crippen molar-refractivity contribution in [1.29, 1.82) is 0 Å². The van der Waals surface area contributed by atoms with Gasteiger partial charge < -0.3 is 9.84 Å². The van der Waals surface area contributed by atoms with Gasteiger partial charge in [-0.3, -0.25) is 0 Å². The lowest BCUT2D eigenvalue weighted by Gasteiger charge is -2.43. The van der Waals surface area contributed by atoms with Crippen molar-refractivity contribution in [2.75, 3.05) is 6.61 Å². The molecule has 0 aliphatic carbocycles. The molecule has 1 atom stereocenters. The van der Waals surface area contributed by atoms with Crippen LogP contribution >= 0.6 is 11.6 Å². The molecule has 1 heterocycles. The Balaban J connectivity index is 2.36. The summed E-state index contributed by atoms with van der Waals surface area (Å²) in [5.41, 5.74) is -2.85.